The molecule has 1 amide bonds. The zero-order valence-electron chi connectivity index (χ0n) is 16.4. The fourth-order valence-electron chi connectivity index (χ4n) is 3.27. The number of thiocarbonyl (C=S) groups is 1. The smallest absolute Gasteiger partial charge is 0.226 e. The molecule has 0 radical (unpaired) electrons. The fraction of sp³-hybridized carbons (Fsp3) is 0.478. The molecule has 0 heterocycles. The molecule has 0 bridgehead atoms. The second-order valence-corrected chi connectivity index (χ2v) is 7.52. The minimum Gasteiger partial charge on any atom is -0.332 e. The Hall–Kier alpha value is -1.94. The van der Waals surface area contributed by atoms with E-state index in [0.29, 0.717) is 11.5 Å². The summed E-state index contributed by atoms with van der Waals surface area (Å²) in [7, 11) is 0. The van der Waals surface area contributed by atoms with Gasteiger partial charge in [-0.05, 0) is 30.1 Å². The quantitative estimate of drug-likeness (QED) is 0.340. The van der Waals surface area contributed by atoms with Gasteiger partial charge in [-0.1, -0.05) is 94.7 Å². The number of benzene rings is 2. The van der Waals surface area contributed by atoms with Crippen LogP contribution in [0, 0.1) is 0 Å². The van der Waals surface area contributed by atoms with Gasteiger partial charge in [0.2, 0.25) is 5.91 Å². The molecule has 2 aromatic carbocycles. The highest BCUT2D eigenvalue weighted by atomic mass is 32.1. The van der Waals surface area contributed by atoms with Crippen molar-refractivity contribution in [2.24, 2.45) is 0 Å². The highest BCUT2D eigenvalue weighted by Gasteiger charge is 2.06. The van der Waals surface area contributed by atoms with Gasteiger partial charge in [-0.25, -0.2) is 0 Å². The number of nitrogens with one attached hydrogen (secondary N) is 2. The second kappa shape index (κ2) is 12.4. The molecule has 0 aliphatic carbocycles. The van der Waals surface area contributed by atoms with E-state index >= 15 is 0 Å². The number of amides is 1. The largest absolute Gasteiger partial charge is 0.332 e. The van der Waals surface area contributed by atoms with E-state index in [1.807, 2.05) is 30.3 Å². The summed E-state index contributed by atoms with van der Waals surface area (Å²) < 4.78 is 0. The molecule has 0 unspecified atom stereocenters. The van der Waals surface area contributed by atoms with Crippen molar-refractivity contribution in [3.8, 4) is 0 Å². The third-order valence-electron chi connectivity index (χ3n) is 4.80. The lowest BCUT2D eigenvalue weighted by Crippen LogP contribution is -2.33. The molecule has 0 aliphatic heterocycles. The SMILES string of the molecule is CCCCCCCCCCCC(=O)NC(=S)Nc1cccc2ccccc12. The first-order valence-corrected chi connectivity index (χ1v) is 10.7. The Morgan fingerprint density at radius 2 is 1.48 bits per heavy atom. The zero-order chi connectivity index (χ0) is 19.3. The van der Waals surface area contributed by atoms with Crippen molar-refractivity contribution in [3.05, 3.63) is 42.5 Å². The van der Waals surface area contributed by atoms with Gasteiger partial charge in [-0.3, -0.25) is 4.79 Å². The van der Waals surface area contributed by atoms with Crippen LogP contribution in [-0.4, -0.2) is 11.0 Å². The van der Waals surface area contributed by atoms with Crippen molar-refractivity contribution in [1.29, 1.82) is 0 Å². The van der Waals surface area contributed by atoms with E-state index in [4.69, 9.17) is 12.2 Å². The Kier molecular flexibility index (Phi) is 9.85. The maximum atomic E-state index is 12.1. The van der Waals surface area contributed by atoms with E-state index in [1.165, 1.54) is 44.9 Å². The first kappa shape index (κ1) is 21.4. The van der Waals surface area contributed by atoms with Crippen LogP contribution in [0.2, 0.25) is 0 Å². The van der Waals surface area contributed by atoms with Gasteiger partial charge in [0.1, 0.15) is 0 Å². The van der Waals surface area contributed by atoms with E-state index < -0.39 is 0 Å². The lowest BCUT2D eigenvalue weighted by atomic mass is 10.1. The number of rotatable bonds is 11. The summed E-state index contributed by atoms with van der Waals surface area (Å²) in [5.74, 6) is -0.00400. The topological polar surface area (TPSA) is 41.1 Å². The first-order valence-electron chi connectivity index (χ1n) is 10.3. The molecule has 146 valence electrons. The van der Waals surface area contributed by atoms with Crippen LogP contribution >= 0.6 is 12.2 Å². The third-order valence-corrected chi connectivity index (χ3v) is 5.00. The van der Waals surface area contributed by atoms with Gasteiger partial charge in [0.05, 0.1) is 0 Å². The maximum Gasteiger partial charge on any atom is 0.226 e. The van der Waals surface area contributed by atoms with E-state index in [2.05, 4.69) is 29.7 Å². The molecule has 2 N–H and O–H groups in total. The molecular formula is C23H32N2OS. The van der Waals surface area contributed by atoms with Crippen molar-refractivity contribution in [2.75, 3.05) is 5.32 Å². The minimum atomic E-state index is -0.00400. The Morgan fingerprint density at radius 1 is 0.852 bits per heavy atom. The predicted octanol–water partition coefficient (Wildman–Crippen LogP) is 6.57. The summed E-state index contributed by atoms with van der Waals surface area (Å²) in [6.07, 6.45) is 11.8. The summed E-state index contributed by atoms with van der Waals surface area (Å²) in [5.41, 5.74) is 0.918. The van der Waals surface area contributed by atoms with E-state index in [0.717, 1.165) is 29.3 Å². The van der Waals surface area contributed by atoms with Crippen molar-refractivity contribution < 1.29 is 4.79 Å². The molecule has 4 heteroatoms. The number of anilines is 1. The van der Waals surface area contributed by atoms with Crippen LogP contribution < -0.4 is 10.6 Å². The van der Waals surface area contributed by atoms with Crippen LogP contribution in [0.4, 0.5) is 5.69 Å². The van der Waals surface area contributed by atoms with E-state index in [1.54, 1.807) is 0 Å². The molecule has 2 aromatic rings. The Bertz CT molecular complexity index is 724. The average molecular weight is 385 g/mol. The summed E-state index contributed by atoms with van der Waals surface area (Å²) in [4.78, 5) is 12.1. The molecule has 0 spiro atoms. The molecule has 0 saturated carbocycles. The third kappa shape index (κ3) is 8.08. The summed E-state index contributed by atoms with van der Waals surface area (Å²) in [6.45, 7) is 2.24. The Balaban J connectivity index is 1.62. The fourth-order valence-corrected chi connectivity index (χ4v) is 3.50. The normalized spacial score (nSPS) is 10.7. The van der Waals surface area contributed by atoms with Gasteiger partial charge in [-0.15, -0.1) is 0 Å². The number of hydrogen-bond acceptors (Lipinski definition) is 2. The van der Waals surface area contributed by atoms with Crippen LogP contribution in [0.3, 0.4) is 0 Å². The molecular weight excluding hydrogens is 352 g/mol. The number of carbonyl (C=O) groups is 1. The lowest BCUT2D eigenvalue weighted by Gasteiger charge is -2.12. The van der Waals surface area contributed by atoms with Crippen LogP contribution in [0.25, 0.3) is 10.8 Å². The molecule has 0 fully saturated rings. The number of fused-ring (bicyclic) bond motifs is 1. The molecule has 0 aliphatic rings. The Labute approximate surface area is 168 Å². The molecule has 0 atom stereocenters. The van der Waals surface area contributed by atoms with Gasteiger partial charge < -0.3 is 10.6 Å². The van der Waals surface area contributed by atoms with Gasteiger partial charge >= 0.3 is 0 Å². The monoisotopic (exact) mass is 384 g/mol. The van der Waals surface area contributed by atoms with Crippen LogP contribution in [-0.2, 0) is 4.79 Å². The molecule has 0 saturated heterocycles. The number of carbonyl (C=O) groups excluding carboxylic acids is 1. The maximum absolute atomic E-state index is 12.1. The number of unbranched alkanes of at least 4 members (excludes halogenated alkanes) is 8. The molecule has 27 heavy (non-hydrogen) atoms. The molecule has 2 rings (SSSR count). The zero-order valence-corrected chi connectivity index (χ0v) is 17.2. The number of hydrogen-bond donors (Lipinski definition) is 2. The first-order chi connectivity index (χ1) is 13.2. The minimum absolute atomic E-state index is 0.00400. The summed E-state index contributed by atoms with van der Waals surface area (Å²) >= 11 is 5.30. The van der Waals surface area contributed by atoms with Crippen LogP contribution in [0.5, 0.6) is 0 Å². The highest BCUT2D eigenvalue weighted by Crippen LogP contribution is 2.22. The van der Waals surface area contributed by atoms with Crippen molar-refractivity contribution >= 4 is 39.7 Å². The lowest BCUT2D eigenvalue weighted by molar-refractivity contribution is -0.119. The van der Waals surface area contributed by atoms with Crippen molar-refractivity contribution in [2.45, 2.75) is 71.1 Å². The standard InChI is InChI=1S/C23H32N2OS/c1-2-3-4-5-6-7-8-9-10-18-22(26)25-23(27)24-21-17-13-15-19-14-11-12-16-20(19)21/h11-17H,2-10,18H2,1H3,(H2,24,25,26,27). The van der Waals surface area contributed by atoms with E-state index in [-0.39, 0.29) is 5.91 Å². The average Bonchev–Trinajstić information content (AvgIpc) is 2.67. The van der Waals surface area contributed by atoms with Gasteiger partial charge in [0.25, 0.3) is 0 Å². The summed E-state index contributed by atoms with van der Waals surface area (Å²) in [5, 5.41) is 8.56. The van der Waals surface area contributed by atoms with Crippen LogP contribution in [0.15, 0.2) is 42.5 Å². The molecule has 0 aromatic heterocycles. The van der Waals surface area contributed by atoms with Gasteiger partial charge in [0.15, 0.2) is 5.11 Å². The second-order valence-electron chi connectivity index (χ2n) is 7.11. The van der Waals surface area contributed by atoms with Crippen LogP contribution in [0.1, 0.15) is 71.1 Å². The van der Waals surface area contributed by atoms with Gasteiger partial charge in [0, 0.05) is 17.5 Å². The van der Waals surface area contributed by atoms with Crippen molar-refractivity contribution in [1.82, 2.24) is 5.32 Å². The van der Waals surface area contributed by atoms with Crippen molar-refractivity contribution in [3.63, 3.8) is 0 Å². The highest BCUT2D eigenvalue weighted by molar-refractivity contribution is 7.80. The molecule has 3 nitrogen and oxygen atoms in total. The van der Waals surface area contributed by atoms with Gasteiger partial charge in [-0.2, -0.15) is 0 Å². The predicted molar refractivity (Wildman–Crippen MR) is 120 cm³/mol. The van der Waals surface area contributed by atoms with E-state index in [9.17, 15) is 4.79 Å². The Morgan fingerprint density at radius 3 is 2.22 bits per heavy atom. The summed E-state index contributed by atoms with van der Waals surface area (Å²) in [6, 6.07) is 14.1.